The lowest BCUT2D eigenvalue weighted by atomic mass is 10.0. The molecule has 0 aliphatic carbocycles. The van der Waals surface area contributed by atoms with E-state index in [1.54, 1.807) is 33.3 Å². The van der Waals surface area contributed by atoms with Crippen molar-refractivity contribution < 1.29 is 9.53 Å². The molecule has 0 radical (unpaired) electrons. The highest BCUT2D eigenvalue weighted by atomic mass is 32.1. The average molecular weight is 389 g/mol. The molecule has 0 unspecified atom stereocenters. The number of aromatic nitrogens is 4. The second-order valence-electron chi connectivity index (χ2n) is 7.61. The number of fused-ring (bicyclic) bond motifs is 1. The highest BCUT2D eigenvalue weighted by Crippen LogP contribution is 2.30. The van der Waals surface area contributed by atoms with Gasteiger partial charge in [0.05, 0.1) is 34.7 Å². The summed E-state index contributed by atoms with van der Waals surface area (Å²) in [5.74, 6) is 0.408. The summed E-state index contributed by atoms with van der Waals surface area (Å²) in [6.07, 6.45) is 2.73. The highest BCUT2D eigenvalue weighted by molar-refractivity contribution is 7.22. The Hall–Kier alpha value is -2.68. The fourth-order valence-corrected chi connectivity index (χ4v) is 3.58. The van der Waals surface area contributed by atoms with Gasteiger partial charge in [0.25, 0.3) is 5.56 Å². The molecule has 0 fully saturated rings. The van der Waals surface area contributed by atoms with E-state index in [1.807, 2.05) is 19.9 Å². The summed E-state index contributed by atoms with van der Waals surface area (Å²) in [7, 11) is 0. The summed E-state index contributed by atoms with van der Waals surface area (Å²) >= 11 is 1.34. The van der Waals surface area contributed by atoms with Crippen LogP contribution in [-0.4, -0.2) is 31.6 Å². The summed E-state index contributed by atoms with van der Waals surface area (Å²) in [5.41, 5.74) is 0.566. The van der Waals surface area contributed by atoms with E-state index in [4.69, 9.17) is 4.74 Å². The van der Waals surface area contributed by atoms with Crippen molar-refractivity contribution in [1.29, 1.82) is 0 Å². The molecule has 9 heteroatoms. The van der Waals surface area contributed by atoms with Gasteiger partial charge in [0, 0.05) is 0 Å². The number of hydrogen-bond acceptors (Lipinski definition) is 6. The largest absolute Gasteiger partial charge is 0.444 e. The number of aromatic amines is 2. The first-order valence-corrected chi connectivity index (χ1v) is 9.47. The van der Waals surface area contributed by atoms with Crippen LogP contribution in [0.3, 0.4) is 0 Å². The number of rotatable bonds is 4. The van der Waals surface area contributed by atoms with Crippen LogP contribution in [0.25, 0.3) is 20.8 Å². The maximum absolute atomic E-state index is 12.6. The van der Waals surface area contributed by atoms with Gasteiger partial charge in [0.2, 0.25) is 0 Å². The van der Waals surface area contributed by atoms with Gasteiger partial charge in [-0.15, -0.1) is 11.3 Å². The van der Waals surface area contributed by atoms with Crippen LogP contribution in [0.15, 0.2) is 23.4 Å². The molecule has 0 saturated carbocycles. The van der Waals surface area contributed by atoms with Crippen molar-refractivity contribution in [2.24, 2.45) is 5.92 Å². The first-order chi connectivity index (χ1) is 12.6. The van der Waals surface area contributed by atoms with Crippen molar-refractivity contribution >= 4 is 27.6 Å². The van der Waals surface area contributed by atoms with Crippen LogP contribution < -0.4 is 10.9 Å². The van der Waals surface area contributed by atoms with Crippen LogP contribution in [0.4, 0.5) is 4.79 Å². The molecule has 27 heavy (non-hydrogen) atoms. The van der Waals surface area contributed by atoms with E-state index < -0.39 is 17.7 Å². The number of ether oxygens (including phenoxy) is 1. The Labute approximate surface area is 160 Å². The predicted molar refractivity (Wildman–Crippen MR) is 105 cm³/mol. The van der Waals surface area contributed by atoms with Crippen LogP contribution >= 0.6 is 11.3 Å². The second-order valence-corrected chi connectivity index (χ2v) is 8.66. The van der Waals surface area contributed by atoms with Crippen molar-refractivity contribution in [3.05, 3.63) is 34.8 Å². The molecular formula is C18H23N5O3S. The quantitative estimate of drug-likeness (QED) is 0.631. The molecular weight excluding hydrogens is 366 g/mol. The van der Waals surface area contributed by atoms with Crippen molar-refractivity contribution in [1.82, 2.24) is 25.3 Å². The number of carbonyl (C=O) groups excluding carboxylic acids is 1. The Kier molecular flexibility index (Phi) is 5.05. The number of amides is 1. The number of carbonyl (C=O) groups is 1. The van der Waals surface area contributed by atoms with E-state index in [1.165, 1.54) is 11.3 Å². The fourth-order valence-electron chi connectivity index (χ4n) is 2.61. The lowest BCUT2D eigenvalue weighted by Crippen LogP contribution is -2.38. The van der Waals surface area contributed by atoms with Gasteiger partial charge >= 0.3 is 6.09 Å². The van der Waals surface area contributed by atoms with Gasteiger partial charge < -0.3 is 20.0 Å². The summed E-state index contributed by atoms with van der Waals surface area (Å²) < 4.78 is 5.86. The number of hydrogen-bond donors (Lipinski definition) is 3. The number of thiophene rings is 1. The van der Waals surface area contributed by atoms with Crippen LogP contribution in [0.5, 0.6) is 0 Å². The van der Waals surface area contributed by atoms with Crippen molar-refractivity contribution in [2.45, 2.75) is 46.3 Å². The minimum absolute atomic E-state index is 0.00355. The highest BCUT2D eigenvalue weighted by Gasteiger charge is 2.25. The molecule has 1 amide bonds. The van der Waals surface area contributed by atoms with E-state index in [0.29, 0.717) is 16.0 Å². The molecule has 144 valence electrons. The third-order valence-electron chi connectivity index (χ3n) is 3.80. The molecule has 0 aliphatic heterocycles. The van der Waals surface area contributed by atoms with Gasteiger partial charge in [-0.05, 0) is 32.8 Å². The van der Waals surface area contributed by atoms with Gasteiger partial charge in [-0.25, -0.2) is 14.8 Å². The third-order valence-corrected chi connectivity index (χ3v) is 4.95. The monoisotopic (exact) mass is 389 g/mol. The standard InChI is InChI=1S/C18H23N5O3S/c1-9(2)13(22-17(25)26-18(3,4)5)15-21-10-6-12(11-7-19-8-20-11)27-14(10)16(24)23-15/h6-9,13H,1-5H3,(H,19,20)(H,22,25)(H,21,23,24)/t13-/m0/s1. The number of alkyl carbamates (subject to hydrolysis) is 1. The Morgan fingerprint density at radius 3 is 2.67 bits per heavy atom. The molecule has 3 rings (SSSR count). The Balaban J connectivity index is 1.95. The van der Waals surface area contributed by atoms with E-state index in [2.05, 4.69) is 25.3 Å². The van der Waals surface area contributed by atoms with Crippen LogP contribution in [0.2, 0.25) is 0 Å². The van der Waals surface area contributed by atoms with Crippen molar-refractivity contribution in [2.75, 3.05) is 0 Å². The van der Waals surface area contributed by atoms with Crippen LogP contribution in [-0.2, 0) is 4.74 Å². The second kappa shape index (κ2) is 7.15. The molecule has 0 aliphatic rings. The Morgan fingerprint density at radius 1 is 1.33 bits per heavy atom. The Morgan fingerprint density at radius 2 is 2.07 bits per heavy atom. The van der Waals surface area contributed by atoms with Gasteiger partial charge in [-0.2, -0.15) is 0 Å². The molecule has 1 atom stereocenters. The summed E-state index contributed by atoms with van der Waals surface area (Å²) in [4.78, 5) is 40.1. The zero-order valence-electron chi connectivity index (χ0n) is 15.9. The number of H-pyrrole nitrogens is 2. The minimum Gasteiger partial charge on any atom is -0.444 e. The molecule has 0 aromatic carbocycles. The minimum atomic E-state index is -0.608. The third kappa shape index (κ3) is 4.36. The van der Waals surface area contributed by atoms with Gasteiger partial charge in [-0.3, -0.25) is 4.79 Å². The van der Waals surface area contributed by atoms with E-state index >= 15 is 0 Å². The summed E-state index contributed by atoms with van der Waals surface area (Å²) in [5, 5.41) is 2.81. The van der Waals surface area contributed by atoms with E-state index in [-0.39, 0.29) is 11.5 Å². The molecule has 3 aromatic rings. The van der Waals surface area contributed by atoms with Gasteiger partial charge in [0.1, 0.15) is 16.1 Å². The first kappa shape index (κ1) is 19.1. The van der Waals surface area contributed by atoms with Crippen LogP contribution in [0.1, 0.15) is 46.5 Å². The van der Waals surface area contributed by atoms with E-state index in [0.717, 1.165) is 10.6 Å². The smallest absolute Gasteiger partial charge is 0.408 e. The van der Waals surface area contributed by atoms with Crippen molar-refractivity contribution in [3.8, 4) is 10.6 Å². The molecule has 0 saturated heterocycles. The number of imidazole rings is 1. The molecule has 3 heterocycles. The number of nitrogens with one attached hydrogen (secondary N) is 3. The lowest BCUT2D eigenvalue weighted by molar-refractivity contribution is 0.0486. The summed E-state index contributed by atoms with van der Waals surface area (Å²) in [6.45, 7) is 9.27. The summed E-state index contributed by atoms with van der Waals surface area (Å²) in [6, 6.07) is 1.37. The molecule has 3 aromatic heterocycles. The molecule has 3 N–H and O–H groups in total. The fraction of sp³-hybridized carbons (Fsp3) is 0.444. The topological polar surface area (TPSA) is 113 Å². The number of nitrogens with zero attached hydrogens (tertiary/aromatic N) is 2. The maximum Gasteiger partial charge on any atom is 0.408 e. The zero-order valence-corrected chi connectivity index (χ0v) is 16.7. The zero-order chi connectivity index (χ0) is 19.8. The van der Waals surface area contributed by atoms with Crippen LogP contribution in [0, 0.1) is 5.92 Å². The maximum atomic E-state index is 12.6. The Bertz CT molecular complexity index is 998. The van der Waals surface area contributed by atoms with Gasteiger partial charge in [-0.1, -0.05) is 13.8 Å². The normalized spacial score (nSPS) is 13.1. The van der Waals surface area contributed by atoms with Gasteiger partial charge in [0.15, 0.2) is 0 Å². The average Bonchev–Trinajstić information content (AvgIpc) is 3.19. The SMILES string of the molecule is CC(C)[C@H](NC(=O)OC(C)(C)C)c1nc2cc(-c3cnc[nH]3)sc2c(=O)[nH]1. The first-order valence-electron chi connectivity index (χ1n) is 8.66. The molecule has 0 spiro atoms. The molecule has 8 nitrogen and oxygen atoms in total. The predicted octanol–water partition coefficient (Wildman–Crippen LogP) is 3.60. The molecule has 0 bridgehead atoms. The van der Waals surface area contributed by atoms with Crippen molar-refractivity contribution in [3.63, 3.8) is 0 Å². The van der Waals surface area contributed by atoms with E-state index in [9.17, 15) is 9.59 Å². The lowest BCUT2D eigenvalue weighted by Gasteiger charge is -2.25.